The molecule has 0 radical (unpaired) electrons. The van der Waals surface area contributed by atoms with E-state index in [1.165, 1.54) is 0 Å². The van der Waals surface area contributed by atoms with E-state index < -0.39 is 50.9 Å². The van der Waals surface area contributed by atoms with E-state index in [0.29, 0.717) is 0 Å². The Morgan fingerprint density at radius 3 is 0.871 bits per heavy atom. The molecule has 4 rings (SSSR count). The molecule has 0 saturated heterocycles. The molecule has 0 aliphatic heterocycles. The van der Waals surface area contributed by atoms with Gasteiger partial charge >= 0.3 is 200 Å². The summed E-state index contributed by atoms with van der Waals surface area (Å²) in [5, 5.41) is 0. The SMILES string of the molecule is O=S(=O)(OI(c1ccccc1)c1ccccc1)OI(c1ccccc1)c1ccccc1. The second-order valence-corrected chi connectivity index (χ2v) is 17.3. The van der Waals surface area contributed by atoms with E-state index in [-0.39, 0.29) is 0 Å². The Bertz CT molecular complexity index is 1020. The first kappa shape index (κ1) is 22.4. The minimum absolute atomic E-state index is 0.893. The molecule has 4 nitrogen and oxygen atoms in total. The van der Waals surface area contributed by atoms with Crippen molar-refractivity contribution in [1.82, 2.24) is 0 Å². The van der Waals surface area contributed by atoms with E-state index in [4.69, 9.17) is 5.03 Å². The molecule has 0 bridgehead atoms. The molecular formula is C24H20I2O4S. The van der Waals surface area contributed by atoms with Crippen molar-refractivity contribution in [1.29, 1.82) is 0 Å². The maximum absolute atomic E-state index is 13.2. The summed E-state index contributed by atoms with van der Waals surface area (Å²) in [4.78, 5) is 0. The minimum atomic E-state index is -4.23. The molecule has 31 heavy (non-hydrogen) atoms. The van der Waals surface area contributed by atoms with Crippen LogP contribution in [0.4, 0.5) is 0 Å². The van der Waals surface area contributed by atoms with Gasteiger partial charge in [-0.05, 0) is 0 Å². The van der Waals surface area contributed by atoms with Crippen LogP contribution in [0.5, 0.6) is 0 Å². The molecule has 0 unspecified atom stereocenters. The second-order valence-electron chi connectivity index (χ2n) is 6.21. The Hall–Kier alpha value is -1.79. The van der Waals surface area contributed by atoms with Crippen LogP contribution in [-0.2, 0) is 15.4 Å². The number of rotatable bonds is 8. The van der Waals surface area contributed by atoms with Crippen LogP contribution in [0.2, 0.25) is 0 Å². The Kier molecular flexibility index (Phi) is 7.72. The van der Waals surface area contributed by atoms with Gasteiger partial charge in [-0.1, -0.05) is 0 Å². The Morgan fingerprint density at radius 1 is 0.419 bits per heavy atom. The summed E-state index contributed by atoms with van der Waals surface area (Å²) in [7, 11) is -4.23. The predicted octanol–water partition coefficient (Wildman–Crippen LogP) is 6.59. The van der Waals surface area contributed by atoms with Crippen molar-refractivity contribution in [3.63, 3.8) is 0 Å². The molecule has 0 N–H and O–H groups in total. The van der Waals surface area contributed by atoms with E-state index in [0.717, 1.165) is 14.3 Å². The summed E-state index contributed by atoms with van der Waals surface area (Å²) in [6.07, 6.45) is 0. The van der Waals surface area contributed by atoms with Crippen molar-refractivity contribution in [3.8, 4) is 0 Å². The molecule has 4 aromatic carbocycles. The first-order valence-corrected chi connectivity index (χ1v) is 16.8. The van der Waals surface area contributed by atoms with Crippen molar-refractivity contribution < 1.29 is 13.4 Å². The molecule has 0 saturated carbocycles. The number of halogens is 2. The zero-order chi connectivity index (χ0) is 21.5. The topological polar surface area (TPSA) is 52.6 Å². The van der Waals surface area contributed by atoms with E-state index >= 15 is 0 Å². The Labute approximate surface area is 198 Å². The quantitative estimate of drug-likeness (QED) is 0.201. The molecule has 4 aromatic rings. The van der Waals surface area contributed by atoms with Crippen LogP contribution in [0, 0.1) is 14.3 Å². The van der Waals surface area contributed by atoms with Crippen molar-refractivity contribution in [2.45, 2.75) is 0 Å². The first-order valence-electron chi connectivity index (χ1n) is 9.37. The van der Waals surface area contributed by atoms with Crippen molar-refractivity contribution in [2.24, 2.45) is 0 Å². The Morgan fingerprint density at radius 2 is 0.645 bits per heavy atom. The van der Waals surface area contributed by atoms with Crippen LogP contribution in [0.3, 0.4) is 0 Å². The molecule has 7 heteroatoms. The number of hydrogen-bond donors (Lipinski definition) is 0. The first-order chi connectivity index (χ1) is 15.1. The zero-order valence-corrected chi connectivity index (χ0v) is 21.5. The second kappa shape index (κ2) is 10.7. The molecule has 0 aliphatic carbocycles. The molecule has 0 amide bonds. The van der Waals surface area contributed by atoms with Gasteiger partial charge in [0.1, 0.15) is 0 Å². The van der Waals surface area contributed by atoms with Gasteiger partial charge in [-0.15, -0.1) is 0 Å². The summed E-state index contributed by atoms with van der Waals surface area (Å²) in [6.45, 7) is 0. The van der Waals surface area contributed by atoms with Crippen molar-refractivity contribution in [3.05, 3.63) is 136 Å². The Balaban J connectivity index is 1.67. The van der Waals surface area contributed by atoms with Gasteiger partial charge in [0.25, 0.3) is 0 Å². The van der Waals surface area contributed by atoms with Gasteiger partial charge in [0, 0.05) is 0 Å². The number of hydrogen-bond acceptors (Lipinski definition) is 4. The molecule has 0 aliphatic rings. The van der Waals surface area contributed by atoms with Crippen LogP contribution in [0.25, 0.3) is 0 Å². The fraction of sp³-hybridized carbons (Fsp3) is 0. The standard InChI is InChI=1S/C24H20I2O4S/c27-31(28,29-25(21-13-5-1-6-14-21)22-15-7-2-8-16-22)30-26(23-17-9-3-10-18-23)24-19-11-4-12-20-24/h1-20H. The summed E-state index contributed by atoms with van der Waals surface area (Å²) in [6, 6.07) is 38.1. The molecule has 0 spiro atoms. The fourth-order valence-corrected chi connectivity index (χ4v) is 15.4. The van der Waals surface area contributed by atoms with Crippen LogP contribution in [0.15, 0.2) is 121 Å². The van der Waals surface area contributed by atoms with E-state index in [1.807, 2.05) is 121 Å². The van der Waals surface area contributed by atoms with Gasteiger partial charge in [-0.3, -0.25) is 0 Å². The fourth-order valence-electron chi connectivity index (χ4n) is 2.68. The van der Waals surface area contributed by atoms with Crippen LogP contribution in [0.1, 0.15) is 0 Å². The van der Waals surface area contributed by atoms with Crippen molar-refractivity contribution >= 4 is 50.9 Å². The average Bonchev–Trinajstić information content (AvgIpc) is 2.83. The summed E-state index contributed by atoms with van der Waals surface area (Å²) in [5.74, 6) is 0. The van der Waals surface area contributed by atoms with Gasteiger partial charge in [0.2, 0.25) is 0 Å². The van der Waals surface area contributed by atoms with Gasteiger partial charge in [-0.2, -0.15) is 0 Å². The van der Waals surface area contributed by atoms with E-state index in [2.05, 4.69) is 0 Å². The normalized spacial score (nSPS) is 12.3. The van der Waals surface area contributed by atoms with Crippen molar-refractivity contribution in [2.75, 3.05) is 0 Å². The third-order valence-electron chi connectivity index (χ3n) is 4.01. The molecule has 160 valence electrons. The van der Waals surface area contributed by atoms with E-state index in [1.54, 1.807) is 0 Å². The van der Waals surface area contributed by atoms with Crippen LogP contribution < -0.4 is 0 Å². The summed E-state index contributed by atoms with van der Waals surface area (Å²) < 4.78 is 41.6. The predicted molar refractivity (Wildman–Crippen MR) is 140 cm³/mol. The van der Waals surface area contributed by atoms with Crippen LogP contribution >= 0.6 is 40.5 Å². The molecular weight excluding hydrogens is 638 g/mol. The van der Waals surface area contributed by atoms with Gasteiger partial charge in [-0.25, -0.2) is 0 Å². The molecule has 0 aromatic heterocycles. The van der Waals surface area contributed by atoms with Gasteiger partial charge < -0.3 is 0 Å². The zero-order valence-electron chi connectivity index (χ0n) is 16.3. The summed E-state index contributed by atoms with van der Waals surface area (Å²) >= 11 is -5.46. The number of benzene rings is 4. The summed E-state index contributed by atoms with van der Waals surface area (Å²) in [5.41, 5.74) is 0. The molecule has 0 atom stereocenters. The van der Waals surface area contributed by atoms with Crippen LogP contribution in [-0.4, -0.2) is 8.42 Å². The maximum atomic E-state index is 13.2. The van der Waals surface area contributed by atoms with Gasteiger partial charge in [0.15, 0.2) is 0 Å². The monoisotopic (exact) mass is 658 g/mol. The van der Waals surface area contributed by atoms with Gasteiger partial charge in [0.05, 0.1) is 0 Å². The van der Waals surface area contributed by atoms with E-state index in [9.17, 15) is 8.42 Å². The molecule has 0 heterocycles. The third-order valence-corrected chi connectivity index (χ3v) is 16.8. The third kappa shape index (κ3) is 6.13. The average molecular weight is 658 g/mol. The molecule has 0 fully saturated rings.